The fraction of sp³-hybridized carbons (Fsp3) is 0.767. The molecule has 2 rings (SSSR count). The molecule has 10 atom stereocenters. The number of aliphatic hydroxyl groups excluding tert-OH is 2. The number of hydrogen-bond donors (Lipinski definition) is 2. The van der Waals surface area contributed by atoms with E-state index in [2.05, 4.69) is 60.6 Å². The van der Waals surface area contributed by atoms with Crippen LogP contribution in [0.1, 0.15) is 221 Å². The SMILES string of the molecule is CCCCCC/C=C\CCCCCCCCOC(=O)CCC/C=C\C[C@@H]1[C@@H](/C=C/[C@@H](O)COc2cccc(C(F)(F)F)c2)[C@H](OC(=O)CCCCC(CC)C(CC)C(CC)C(CC)C(C)CC)C[C@@H]1O. The maximum atomic E-state index is 13.4. The van der Waals surface area contributed by atoms with E-state index < -0.39 is 36.0 Å². The zero-order chi connectivity index (χ0) is 51.6. The quantitative estimate of drug-likeness (QED) is 0.0384. The smallest absolute Gasteiger partial charge is 0.416 e. The molecule has 70 heavy (non-hydrogen) atoms. The highest BCUT2D eigenvalue weighted by atomic mass is 19.4. The van der Waals surface area contributed by atoms with Gasteiger partial charge in [0.1, 0.15) is 24.6 Å². The molecule has 7 nitrogen and oxygen atoms in total. The fourth-order valence-corrected chi connectivity index (χ4v) is 11.0. The Hall–Kier alpha value is -3.11. The lowest BCUT2D eigenvalue weighted by Crippen LogP contribution is -2.31. The van der Waals surface area contributed by atoms with E-state index >= 15 is 0 Å². The predicted molar refractivity (Wildman–Crippen MR) is 281 cm³/mol. The number of ether oxygens (including phenoxy) is 3. The van der Waals surface area contributed by atoms with Gasteiger partial charge in [-0.1, -0.05) is 181 Å². The first-order valence-electron chi connectivity index (χ1n) is 28.2. The monoisotopic (exact) mass is 989 g/mol. The summed E-state index contributed by atoms with van der Waals surface area (Å²) >= 11 is 0. The maximum Gasteiger partial charge on any atom is 0.416 e. The standard InChI is InChI=1S/C60H99F3O7/c1-8-14-15-16-17-18-19-20-21-22-23-24-27-32-42-68-58(66)38-29-26-25-28-37-54-55(41-40-49(64)45-69-50-36-33-35-48(43-50)60(61,62)63)57(44-56(54)65)70-59(67)39-31-30-34-47(10-3)52(12-5)53(13-6)51(11-4)46(7)9-2/h18-19,25,28,33,35-36,40-41,43,46-47,49,51-57,64-65H,8-17,20-24,26-27,29-32,34,37-39,42,44-45H2,1-7H3/b19-18-,28-25-,41-40+/t46?,47?,49-,51?,52?,53?,54-,55-,56+,57-/m1/s1. The van der Waals surface area contributed by atoms with Gasteiger partial charge in [0.25, 0.3) is 0 Å². The van der Waals surface area contributed by atoms with Crippen LogP contribution in [0.5, 0.6) is 5.75 Å². The van der Waals surface area contributed by atoms with Crippen molar-refractivity contribution >= 4 is 11.9 Å². The molecule has 0 heterocycles. The van der Waals surface area contributed by atoms with Crippen LogP contribution in [0.2, 0.25) is 0 Å². The van der Waals surface area contributed by atoms with Crippen molar-refractivity contribution in [1.29, 1.82) is 0 Å². The first-order valence-corrected chi connectivity index (χ1v) is 28.2. The normalized spacial score (nSPS) is 20.2. The van der Waals surface area contributed by atoms with Crippen molar-refractivity contribution in [2.45, 2.75) is 240 Å². The Morgan fingerprint density at radius 2 is 1.36 bits per heavy atom. The van der Waals surface area contributed by atoms with Crippen LogP contribution in [0, 0.1) is 41.4 Å². The van der Waals surface area contributed by atoms with E-state index in [1.165, 1.54) is 95.3 Å². The van der Waals surface area contributed by atoms with Crippen molar-refractivity contribution in [2.24, 2.45) is 41.4 Å². The minimum Gasteiger partial charge on any atom is -0.491 e. The van der Waals surface area contributed by atoms with Crippen molar-refractivity contribution in [3.05, 3.63) is 66.3 Å². The molecule has 0 aromatic heterocycles. The Labute approximate surface area is 424 Å². The van der Waals surface area contributed by atoms with Gasteiger partial charge in [-0.3, -0.25) is 9.59 Å². The second kappa shape index (κ2) is 37.6. The Morgan fingerprint density at radius 3 is 2.00 bits per heavy atom. The Kier molecular flexibility index (Phi) is 33.9. The molecular weight excluding hydrogens is 890 g/mol. The first-order chi connectivity index (χ1) is 33.7. The van der Waals surface area contributed by atoms with Crippen molar-refractivity contribution < 1.29 is 47.2 Å². The lowest BCUT2D eigenvalue weighted by atomic mass is 9.66. The zero-order valence-corrected chi connectivity index (χ0v) is 44.9. The molecular formula is C60H99F3O7. The van der Waals surface area contributed by atoms with E-state index in [4.69, 9.17) is 14.2 Å². The van der Waals surface area contributed by atoms with Crippen LogP contribution in [-0.2, 0) is 25.2 Å². The van der Waals surface area contributed by atoms with Gasteiger partial charge < -0.3 is 24.4 Å². The van der Waals surface area contributed by atoms with Gasteiger partial charge in [-0.25, -0.2) is 0 Å². The van der Waals surface area contributed by atoms with Crippen molar-refractivity contribution in [3.63, 3.8) is 0 Å². The minimum absolute atomic E-state index is 0.0121. The molecule has 1 fully saturated rings. The number of carbonyl (C=O) groups excluding carboxylic acids is 2. The molecule has 1 aromatic rings. The van der Waals surface area contributed by atoms with Crippen LogP contribution < -0.4 is 4.74 Å². The number of halogens is 3. The van der Waals surface area contributed by atoms with E-state index in [1.807, 2.05) is 12.2 Å². The number of esters is 2. The van der Waals surface area contributed by atoms with Crippen LogP contribution in [0.15, 0.2) is 60.7 Å². The number of aliphatic hydroxyl groups is 2. The summed E-state index contributed by atoms with van der Waals surface area (Å²) in [5, 5.41) is 22.2. The van der Waals surface area contributed by atoms with Crippen LogP contribution in [0.25, 0.3) is 0 Å². The number of carbonyl (C=O) groups is 2. The molecule has 1 aliphatic carbocycles. The zero-order valence-electron chi connectivity index (χ0n) is 44.9. The molecule has 1 aromatic carbocycles. The fourth-order valence-electron chi connectivity index (χ4n) is 11.0. The lowest BCUT2D eigenvalue weighted by Gasteiger charge is -2.39. The highest BCUT2D eigenvalue weighted by Crippen LogP contribution is 2.42. The molecule has 0 saturated heterocycles. The Morgan fingerprint density at radius 1 is 0.729 bits per heavy atom. The summed E-state index contributed by atoms with van der Waals surface area (Å²) in [7, 11) is 0. The van der Waals surface area contributed by atoms with Crippen LogP contribution in [-0.4, -0.2) is 53.7 Å². The summed E-state index contributed by atoms with van der Waals surface area (Å²) in [5.41, 5.74) is -0.841. The van der Waals surface area contributed by atoms with Crippen LogP contribution in [0.4, 0.5) is 13.2 Å². The van der Waals surface area contributed by atoms with Crippen LogP contribution >= 0.6 is 0 Å². The Balaban J connectivity index is 1.91. The average molecular weight is 989 g/mol. The van der Waals surface area contributed by atoms with Gasteiger partial charge in [0.2, 0.25) is 0 Å². The van der Waals surface area contributed by atoms with E-state index in [1.54, 1.807) is 6.08 Å². The third-order valence-electron chi connectivity index (χ3n) is 15.3. The number of unbranched alkanes of at least 4 members (excludes halogenated alkanes) is 12. The van der Waals surface area contributed by atoms with E-state index in [0.29, 0.717) is 56.0 Å². The molecule has 0 amide bonds. The summed E-state index contributed by atoms with van der Waals surface area (Å²) in [4.78, 5) is 25.8. The van der Waals surface area contributed by atoms with Gasteiger partial charge in [-0.05, 0) is 111 Å². The van der Waals surface area contributed by atoms with Gasteiger partial charge in [0.15, 0.2) is 0 Å². The summed E-state index contributed by atoms with van der Waals surface area (Å²) < 4.78 is 56.9. The summed E-state index contributed by atoms with van der Waals surface area (Å²) in [5.74, 6) is 2.18. The van der Waals surface area contributed by atoms with Gasteiger partial charge >= 0.3 is 18.1 Å². The molecule has 5 unspecified atom stereocenters. The number of benzene rings is 1. The van der Waals surface area contributed by atoms with Gasteiger partial charge in [0, 0.05) is 25.2 Å². The molecule has 0 aliphatic heterocycles. The van der Waals surface area contributed by atoms with Crippen molar-refractivity contribution in [2.75, 3.05) is 13.2 Å². The molecule has 0 spiro atoms. The molecule has 1 saturated carbocycles. The second-order valence-corrected chi connectivity index (χ2v) is 20.4. The van der Waals surface area contributed by atoms with Crippen molar-refractivity contribution in [1.82, 2.24) is 0 Å². The van der Waals surface area contributed by atoms with E-state index in [0.717, 1.165) is 69.4 Å². The lowest BCUT2D eigenvalue weighted by molar-refractivity contribution is -0.150. The predicted octanol–water partition coefficient (Wildman–Crippen LogP) is 16.5. The molecule has 1 aliphatic rings. The molecule has 0 bridgehead atoms. The van der Waals surface area contributed by atoms with Gasteiger partial charge in [-0.2, -0.15) is 13.2 Å². The topological polar surface area (TPSA) is 102 Å². The number of rotatable bonds is 40. The third-order valence-corrected chi connectivity index (χ3v) is 15.3. The largest absolute Gasteiger partial charge is 0.491 e. The van der Waals surface area contributed by atoms with Gasteiger partial charge in [0.05, 0.1) is 18.3 Å². The maximum absolute atomic E-state index is 13.4. The number of alkyl halides is 3. The summed E-state index contributed by atoms with van der Waals surface area (Å²) in [6, 6.07) is 4.52. The molecule has 2 N–H and O–H groups in total. The second-order valence-electron chi connectivity index (χ2n) is 20.4. The Bertz CT molecular complexity index is 1590. The summed E-state index contributed by atoms with van der Waals surface area (Å²) in [6.45, 7) is 16.4. The third kappa shape index (κ3) is 25.5. The highest BCUT2D eigenvalue weighted by Gasteiger charge is 2.43. The highest BCUT2D eigenvalue weighted by molar-refractivity contribution is 5.69. The number of allylic oxidation sites excluding steroid dienone is 4. The first kappa shape index (κ1) is 63.0. The number of hydrogen-bond acceptors (Lipinski definition) is 7. The van der Waals surface area contributed by atoms with Gasteiger partial charge in [-0.15, -0.1) is 0 Å². The minimum atomic E-state index is -4.52. The summed E-state index contributed by atoms with van der Waals surface area (Å²) in [6.07, 6.45) is 30.6. The van der Waals surface area contributed by atoms with Crippen molar-refractivity contribution in [3.8, 4) is 5.75 Å². The van der Waals surface area contributed by atoms with E-state index in [9.17, 15) is 33.0 Å². The molecule has 402 valence electrons. The average Bonchev–Trinajstić information content (AvgIpc) is 3.64. The molecule has 0 radical (unpaired) electrons. The molecule has 10 heteroatoms. The van der Waals surface area contributed by atoms with E-state index in [-0.39, 0.29) is 43.1 Å². The van der Waals surface area contributed by atoms with Crippen LogP contribution in [0.3, 0.4) is 0 Å².